The molecule has 0 spiro atoms. The highest BCUT2D eigenvalue weighted by atomic mass is 16.2. The maximum Gasteiger partial charge on any atom is 0.259 e. The molecule has 2 aromatic heterocycles. The summed E-state index contributed by atoms with van der Waals surface area (Å²) in [5.74, 6) is 1.15. The van der Waals surface area contributed by atoms with Crippen LogP contribution in [0, 0.1) is 17.7 Å². The van der Waals surface area contributed by atoms with Crippen molar-refractivity contribution in [3.05, 3.63) is 70.9 Å². The van der Waals surface area contributed by atoms with Crippen molar-refractivity contribution in [3.63, 3.8) is 0 Å². The average molecular weight is 456 g/mol. The molecule has 1 fully saturated rings. The number of fused-ring (bicyclic) bond motifs is 1. The molecule has 2 aliphatic rings. The minimum atomic E-state index is -0.0889. The molecule has 1 aliphatic heterocycles. The van der Waals surface area contributed by atoms with Crippen molar-refractivity contribution >= 4 is 23.9 Å². The van der Waals surface area contributed by atoms with Gasteiger partial charge in [0.2, 0.25) is 0 Å². The maximum absolute atomic E-state index is 13.6. The van der Waals surface area contributed by atoms with Gasteiger partial charge >= 0.3 is 0 Å². The molecule has 8 heteroatoms. The normalized spacial score (nSPS) is 15.4. The lowest BCUT2D eigenvalue weighted by molar-refractivity contribution is 0.0980. The summed E-state index contributed by atoms with van der Waals surface area (Å²) in [4.78, 5) is 26.0. The predicted molar refractivity (Wildman–Crippen MR) is 132 cm³/mol. The Bertz CT molecular complexity index is 1290. The maximum atomic E-state index is 13.6. The predicted octanol–water partition coefficient (Wildman–Crippen LogP) is 4.30. The largest absolute Gasteiger partial charge is 0.314 e. The first-order valence-corrected chi connectivity index (χ1v) is 11.7. The van der Waals surface area contributed by atoms with Crippen molar-refractivity contribution in [2.24, 2.45) is 0 Å². The van der Waals surface area contributed by atoms with Gasteiger partial charge < -0.3 is 9.47 Å². The fourth-order valence-electron chi connectivity index (χ4n) is 4.51. The molecule has 1 saturated carbocycles. The van der Waals surface area contributed by atoms with Crippen molar-refractivity contribution in [1.82, 2.24) is 19.4 Å². The zero-order chi connectivity index (χ0) is 24.0. The van der Waals surface area contributed by atoms with Crippen LogP contribution in [0.1, 0.15) is 65.5 Å². The van der Waals surface area contributed by atoms with Crippen LogP contribution in [-0.4, -0.2) is 50.1 Å². The van der Waals surface area contributed by atoms with E-state index >= 15 is 0 Å². The van der Waals surface area contributed by atoms with Gasteiger partial charge in [0.15, 0.2) is 5.84 Å². The van der Waals surface area contributed by atoms with E-state index < -0.39 is 0 Å². The third-order valence-electron chi connectivity index (χ3n) is 6.59. The first-order valence-electron chi connectivity index (χ1n) is 11.7. The van der Waals surface area contributed by atoms with E-state index in [9.17, 15) is 4.79 Å². The Labute approximate surface area is 199 Å². The van der Waals surface area contributed by atoms with Gasteiger partial charge in [-0.15, -0.1) is 0 Å². The Kier molecular flexibility index (Phi) is 5.51. The smallest absolute Gasteiger partial charge is 0.259 e. The number of hydrogen-bond acceptors (Lipinski definition) is 5. The molecule has 1 amide bonds. The van der Waals surface area contributed by atoms with Crippen LogP contribution in [0.15, 0.2) is 42.9 Å². The van der Waals surface area contributed by atoms with Gasteiger partial charge in [0.05, 0.1) is 24.0 Å². The molecule has 0 bridgehead atoms. The van der Waals surface area contributed by atoms with Crippen LogP contribution >= 0.6 is 0 Å². The van der Waals surface area contributed by atoms with E-state index in [0.29, 0.717) is 29.5 Å². The molecule has 1 aliphatic carbocycles. The third-order valence-corrected chi connectivity index (χ3v) is 6.59. The molecule has 1 aromatic carbocycles. The summed E-state index contributed by atoms with van der Waals surface area (Å²) in [5, 5.41) is 16.1. The summed E-state index contributed by atoms with van der Waals surface area (Å²) in [6, 6.07) is 9.40. The highest BCUT2D eigenvalue weighted by molar-refractivity contribution is 6.08. The summed E-state index contributed by atoms with van der Waals surface area (Å²) in [6.07, 6.45) is 8.20. The van der Waals surface area contributed by atoms with Crippen molar-refractivity contribution < 1.29 is 4.79 Å². The summed E-state index contributed by atoms with van der Waals surface area (Å²) in [6.45, 7) is 6.44. The zero-order valence-electron chi connectivity index (χ0n) is 19.7. The number of pyridine rings is 1. The molecule has 5 rings (SSSR count). The molecule has 3 aromatic rings. The highest BCUT2D eigenvalue weighted by Gasteiger charge is 2.29. The molecule has 8 nitrogen and oxygen atoms in total. The lowest BCUT2D eigenvalue weighted by Gasteiger charge is -2.29. The van der Waals surface area contributed by atoms with Crippen molar-refractivity contribution in [2.75, 3.05) is 11.4 Å². The fourth-order valence-corrected chi connectivity index (χ4v) is 4.51. The van der Waals surface area contributed by atoms with Crippen molar-refractivity contribution in [3.8, 4) is 5.69 Å². The van der Waals surface area contributed by atoms with E-state index in [1.54, 1.807) is 17.0 Å². The number of aromatic nitrogens is 3. The molecule has 0 unspecified atom stereocenters. The highest BCUT2D eigenvalue weighted by Crippen LogP contribution is 2.39. The Morgan fingerprint density at radius 1 is 1.26 bits per heavy atom. The second-order valence-corrected chi connectivity index (χ2v) is 9.34. The number of imidazole rings is 1. The monoisotopic (exact) mass is 455 g/mol. The minimum absolute atomic E-state index is 0.0378. The zero-order valence-corrected chi connectivity index (χ0v) is 19.7. The van der Waals surface area contributed by atoms with Crippen LogP contribution in [-0.2, 0) is 6.42 Å². The van der Waals surface area contributed by atoms with E-state index in [0.717, 1.165) is 35.3 Å². The standard InChI is InChI=1S/C26H29N7O/c1-16(2)33(14-27)25(28)21-5-4-6-24(30-21)32-10-9-19-11-17(3)23(12-20(19)26(32)34)31-13-22(29-15-31)18-7-8-18/h4-6,11-16,18,27-28H,7-10H2,1-3H3. The lowest BCUT2D eigenvalue weighted by atomic mass is 9.95. The molecular weight excluding hydrogens is 426 g/mol. The lowest BCUT2D eigenvalue weighted by Crippen LogP contribution is -2.39. The molecule has 34 heavy (non-hydrogen) atoms. The third kappa shape index (κ3) is 3.89. The van der Waals surface area contributed by atoms with Crippen LogP contribution in [0.25, 0.3) is 5.69 Å². The van der Waals surface area contributed by atoms with Gasteiger partial charge in [-0.3, -0.25) is 20.5 Å². The molecule has 2 N–H and O–H groups in total. The van der Waals surface area contributed by atoms with Crippen LogP contribution < -0.4 is 4.90 Å². The quantitative estimate of drug-likeness (QED) is 0.427. The average Bonchev–Trinajstić information content (AvgIpc) is 3.56. The van der Waals surface area contributed by atoms with Crippen LogP contribution in [0.3, 0.4) is 0 Å². The number of rotatable bonds is 6. The summed E-state index contributed by atoms with van der Waals surface area (Å²) >= 11 is 0. The number of benzene rings is 1. The number of anilines is 1. The van der Waals surface area contributed by atoms with Crippen LogP contribution in [0.4, 0.5) is 5.82 Å². The van der Waals surface area contributed by atoms with Gasteiger partial charge in [-0.2, -0.15) is 0 Å². The van der Waals surface area contributed by atoms with Gasteiger partial charge in [-0.05, 0) is 69.4 Å². The molecule has 0 radical (unpaired) electrons. The summed E-state index contributed by atoms with van der Waals surface area (Å²) in [7, 11) is 0. The van der Waals surface area contributed by atoms with Crippen LogP contribution in [0.5, 0.6) is 0 Å². The number of carbonyl (C=O) groups excluding carboxylic acids is 1. The van der Waals surface area contributed by atoms with E-state index in [1.807, 2.05) is 36.9 Å². The number of nitrogens with zero attached hydrogens (tertiary/aromatic N) is 5. The Balaban J connectivity index is 1.46. The van der Waals surface area contributed by atoms with Gasteiger partial charge in [-0.25, -0.2) is 9.97 Å². The number of hydrogen-bond donors (Lipinski definition) is 2. The molecule has 0 atom stereocenters. The van der Waals surface area contributed by atoms with Gasteiger partial charge in [-0.1, -0.05) is 12.1 Å². The Morgan fingerprint density at radius 3 is 2.76 bits per heavy atom. The fraction of sp³-hybridized carbons (Fsp3) is 0.346. The second kappa shape index (κ2) is 8.52. The molecule has 0 saturated heterocycles. The summed E-state index contributed by atoms with van der Waals surface area (Å²) in [5.41, 5.74) is 5.37. The topological polar surface area (TPSA) is 102 Å². The Hall–Kier alpha value is -3.81. The Morgan fingerprint density at radius 2 is 2.06 bits per heavy atom. The number of amides is 1. The second-order valence-electron chi connectivity index (χ2n) is 9.34. The minimum Gasteiger partial charge on any atom is -0.314 e. The number of aryl methyl sites for hydroxylation is 1. The van der Waals surface area contributed by atoms with Gasteiger partial charge in [0.1, 0.15) is 11.5 Å². The van der Waals surface area contributed by atoms with E-state index in [2.05, 4.69) is 29.2 Å². The number of carbonyl (C=O) groups is 1. The van der Waals surface area contributed by atoms with Crippen LogP contribution in [0.2, 0.25) is 0 Å². The first kappa shape index (κ1) is 22.0. The molecule has 3 heterocycles. The van der Waals surface area contributed by atoms with E-state index in [1.165, 1.54) is 17.7 Å². The molecular formula is C26H29N7O. The summed E-state index contributed by atoms with van der Waals surface area (Å²) < 4.78 is 2.02. The number of amidine groups is 1. The van der Waals surface area contributed by atoms with Crippen molar-refractivity contribution in [2.45, 2.75) is 52.0 Å². The van der Waals surface area contributed by atoms with Gasteiger partial charge in [0, 0.05) is 30.3 Å². The number of nitrogens with one attached hydrogen (secondary N) is 2. The van der Waals surface area contributed by atoms with Crippen molar-refractivity contribution in [1.29, 1.82) is 10.8 Å². The first-order chi connectivity index (χ1) is 16.4. The molecule has 174 valence electrons. The van der Waals surface area contributed by atoms with E-state index in [-0.39, 0.29) is 17.8 Å². The SMILES string of the molecule is Cc1cc2c(cc1-n1cnc(C3CC3)c1)C(=O)N(c1cccc(C(=N)N(C=N)C(C)C)n1)CC2. The van der Waals surface area contributed by atoms with E-state index in [4.69, 9.17) is 10.8 Å². The van der Waals surface area contributed by atoms with Gasteiger partial charge in [0.25, 0.3) is 5.91 Å².